The van der Waals surface area contributed by atoms with Gasteiger partial charge in [0.2, 0.25) is 82.7 Å². The first-order valence-corrected chi connectivity index (χ1v) is 37.3. The summed E-state index contributed by atoms with van der Waals surface area (Å²) in [4.78, 5) is 222. The smallest absolute Gasteiger partial charge is 0.407 e. The Labute approximate surface area is 633 Å². The SMILES string of the molecule is CCCCC(NC(=O)[C@H](CC1CCCCC1)NC(=O)C(Cc1cnc[nH]1)NC(=O)CNC(=O)C(NC(=O)C(C)NC(=O)C(Cc1c[nH]c2ccccc12)NC(=O)C(CCC(N)=O)NC(=O)CCNC(=O)CCNC(=O)C(N)CSC1CC(=O)N(Cc2ccc([N+](=O)[O-])c(C(C)OC(=O)NC)c2)C1=O)C(C)C)C(N)=O. The molecule has 109 heavy (non-hydrogen) atoms. The standard InChI is InChI=1S/C71H101N19O18S/c1-7-8-17-49(62(74)96)85-67(101)51(28-41-14-10-9-11-15-41)86-68(102)53(30-44-33-76-37-81-44)84-59(94)34-80-69(103)61(38(2)3)88-63(97)39(4)82-66(100)52(29-43-32-79-48-18-13-12-16-45(43)48)87-65(99)50(20-22-56(73)91)83-58(93)24-25-77-57(92)23-26-78-64(98)47(72)36-109-55-31-60(95)89(70(55)104)35-42-19-21-54(90(106)107)46(27-42)40(5)108-71(105)75-6/h12-13,16,18-19,21,27,32-33,37-41,47,49-53,55,61,79H,7-11,14-15,17,20,22-26,28-31,34-36,72H2,1-6H3,(H2,73,91)(H2,74,96)(H,75,105)(H,76,81)(H,77,92)(H,78,98)(H,80,103)(H,82,100)(H,83,93)(H,84,94)(H,85,101)(H,86,102)(H,87,99)(H,88,97)/t39?,40?,47?,49?,50?,51-,52?,53?,55?,61?/m0/s1. The van der Waals surface area contributed by atoms with Gasteiger partial charge in [-0.3, -0.25) is 82.1 Å². The topological polar surface area (TPSA) is 567 Å². The van der Waals surface area contributed by atoms with Crippen molar-refractivity contribution in [3.63, 3.8) is 0 Å². The molecule has 2 aromatic carbocycles. The molecule has 3 heterocycles. The number of amides is 15. The molecule has 0 radical (unpaired) electrons. The Morgan fingerprint density at radius 3 is 2.03 bits per heavy atom. The number of thioether (sulfide) groups is 1. The molecule has 594 valence electrons. The summed E-state index contributed by atoms with van der Waals surface area (Å²) < 4.78 is 5.17. The lowest BCUT2D eigenvalue weighted by molar-refractivity contribution is -0.386. The van der Waals surface area contributed by atoms with Crippen LogP contribution in [0, 0.1) is 22.0 Å². The van der Waals surface area contributed by atoms with E-state index in [-0.39, 0.29) is 81.1 Å². The number of H-pyrrole nitrogens is 2. The molecule has 2 fully saturated rings. The van der Waals surface area contributed by atoms with Crippen LogP contribution in [0.15, 0.2) is 61.2 Å². The van der Waals surface area contributed by atoms with Crippen molar-refractivity contribution in [1.29, 1.82) is 0 Å². The molecule has 37 nitrogen and oxygen atoms in total. The molecule has 2 aliphatic rings. The van der Waals surface area contributed by atoms with E-state index in [4.69, 9.17) is 21.9 Å². The van der Waals surface area contributed by atoms with Gasteiger partial charge in [-0.2, -0.15) is 0 Å². The van der Waals surface area contributed by atoms with Crippen LogP contribution in [0.3, 0.4) is 0 Å². The maximum absolute atomic E-state index is 14.4. The summed E-state index contributed by atoms with van der Waals surface area (Å²) in [5.74, 6) is -11.0. The molecule has 1 saturated heterocycles. The Hall–Kier alpha value is -11.1. The molecule has 38 heteroatoms. The van der Waals surface area contributed by atoms with Crippen molar-refractivity contribution in [2.75, 3.05) is 32.4 Å². The van der Waals surface area contributed by atoms with Crippen molar-refractivity contribution in [2.45, 2.75) is 204 Å². The van der Waals surface area contributed by atoms with Gasteiger partial charge in [-0.1, -0.05) is 90.0 Å². The van der Waals surface area contributed by atoms with Gasteiger partial charge in [-0.25, -0.2) is 9.78 Å². The molecule has 19 N–H and O–H groups in total. The lowest BCUT2D eigenvalue weighted by atomic mass is 9.84. The van der Waals surface area contributed by atoms with Crippen LogP contribution in [0.1, 0.15) is 153 Å². The lowest BCUT2D eigenvalue weighted by Gasteiger charge is -2.29. The first kappa shape index (κ1) is 86.9. The third-order valence-electron chi connectivity index (χ3n) is 18.4. The molecule has 9 unspecified atom stereocenters. The summed E-state index contributed by atoms with van der Waals surface area (Å²) >= 11 is 0.966. The van der Waals surface area contributed by atoms with Crippen LogP contribution >= 0.6 is 11.8 Å². The number of primary amides is 2. The van der Waals surface area contributed by atoms with Gasteiger partial charge in [0, 0.05) is 99.5 Å². The Morgan fingerprint density at radius 2 is 1.36 bits per heavy atom. The third kappa shape index (κ3) is 27.6. The number of benzene rings is 2. The average Bonchev–Trinajstić information content (AvgIpc) is 1.76. The lowest BCUT2D eigenvalue weighted by Crippen LogP contribution is -2.59. The predicted molar refractivity (Wildman–Crippen MR) is 396 cm³/mol. The van der Waals surface area contributed by atoms with E-state index in [1.807, 2.05) is 6.92 Å². The molecule has 4 aromatic rings. The van der Waals surface area contributed by atoms with Crippen molar-refractivity contribution < 1.29 is 81.6 Å². The van der Waals surface area contributed by atoms with E-state index in [9.17, 15) is 82.0 Å². The van der Waals surface area contributed by atoms with E-state index in [1.165, 1.54) is 51.6 Å². The quantitative estimate of drug-likeness (QED) is 0.0151. The maximum atomic E-state index is 14.4. The van der Waals surface area contributed by atoms with Crippen molar-refractivity contribution in [3.05, 3.63) is 93.7 Å². The second kappa shape index (κ2) is 43.1. The Morgan fingerprint density at radius 1 is 0.706 bits per heavy atom. The highest BCUT2D eigenvalue weighted by molar-refractivity contribution is 8.00. The van der Waals surface area contributed by atoms with Gasteiger partial charge in [0.05, 0.1) is 41.2 Å². The number of hydrogen-bond donors (Lipinski definition) is 16. The number of aromatic amines is 2. The monoisotopic (exact) mass is 1540 g/mol. The number of nitrogens with one attached hydrogen (secondary N) is 13. The zero-order chi connectivity index (χ0) is 80.0. The van der Waals surface area contributed by atoms with E-state index in [2.05, 4.69) is 73.4 Å². The van der Waals surface area contributed by atoms with Crippen molar-refractivity contribution >= 4 is 117 Å². The zero-order valence-electron chi connectivity index (χ0n) is 61.9. The number of likely N-dealkylation sites (tertiary alicyclic amines) is 1. The van der Waals surface area contributed by atoms with Gasteiger partial charge in [0.15, 0.2) is 0 Å². The van der Waals surface area contributed by atoms with Gasteiger partial charge in [-0.05, 0) is 68.2 Å². The Bertz CT molecular complexity index is 3900. The highest BCUT2D eigenvalue weighted by Crippen LogP contribution is 2.32. The fraction of sp³-hybridized carbons (Fsp3) is 0.549. The average molecular weight is 1540 g/mol. The first-order valence-electron chi connectivity index (χ1n) is 36.3. The number of carbonyl (C=O) groups is 15. The van der Waals surface area contributed by atoms with Crippen molar-refractivity contribution in [1.82, 2.24) is 78.3 Å². The van der Waals surface area contributed by atoms with Gasteiger partial charge in [0.25, 0.3) is 5.69 Å². The number of nitro benzene ring substituents is 1. The van der Waals surface area contributed by atoms with Crippen LogP contribution in [0.4, 0.5) is 10.5 Å². The number of aromatic nitrogens is 3. The predicted octanol–water partition coefficient (Wildman–Crippen LogP) is -0.501. The number of unbranched alkanes of at least 4 members (excludes halogenated alkanes) is 1. The van der Waals surface area contributed by atoms with Gasteiger partial charge < -0.3 is 90.4 Å². The van der Waals surface area contributed by atoms with Gasteiger partial charge in [-0.15, -0.1) is 11.8 Å². The number of imidazole rings is 1. The molecule has 10 atom stereocenters. The second-order valence-corrected chi connectivity index (χ2v) is 28.5. The van der Waals surface area contributed by atoms with Crippen LogP contribution < -0.4 is 75.7 Å². The molecular weight excluding hydrogens is 1440 g/mol. The van der Waals surface area contributed by atoms with E-state index in [0.717, 1.165) is 55.2 Å². The summed E-state index contributed by atoms with van der Waals surface area (Å²) in [5, 5.41) is 39.8. The van der Waals surface area contributed by atoms with E-state index >= 15 is 0 Å². The zero-order valence-corrected chi connectivity index (χ0v) is 62.7. The highest BCUT2D eigenvalue weighted by Gasteiger charge is 2.41. The molecule has 0 bridgehead atoms. The number of rotatable bonds is 44. The number of fused-ring (bicyclic) bond motifs is 1. The number of alkyl carbamates (subject to hydrolysis) is 1. The normalized spacial score (nSPS) is 16.1. The van der Waals surface area contributed by atoms with E-state index < -0.39 is 179 Å². The van der Waals surface area contributed by atoms with Crippen LogP contribution in [0.2, 0.25) is 0 Å². The minimum Gasteiger partial charge on any atom is -0.441 e. The molecular formula is C71H101N19O18S. The number of nitro groups is 1. The number of hydrogen-bond acceptors (Lipinski definition) is 21. The number of nitrogens with zero attached hydrogens (tertiary/aromatic N) is 3. The first-order chi connectivity index (χ1) is 51.8. The largest absolute Gasteiger partial charge is 0.441 e. The van der Waals surface area contributed by atoms with Gasteiger partial charge >= 0.3 is 6.09 Å². The van der Waals surface area contributed by atoms with Crippen LogP contribution in [0.25, 0.3) is 10.9 Å². The maximum Gasteiger partial charge on any atom is 0.407 e. The number of imide groups is 1. The van der Waals surface area contributed by atoms with Gasteiger partial charge in [0.1, 0.15) is 48.4 Å². The summed E-state index contributed by atoms with van der Waals surface area (Å²) in [6.07, 6.45) is 7.19. The molecule has 1 aliphatic heterocycles. The van der Waals surface area contributed by atoms with E-state index in [0.29, 0.717) is 40.6 Å². The number of para-hydroxylation sites is 1. The summed E-state index contributed by atoms with van der Waals surface area (Å²) in [7, 11) is 1.32. The Kier molecular flexibility index (Phi) is 34.3. The fourth-order valence-electron chi connectivity index (χ4n) is 12.3. The van der Waals surface area contributed by atoms with Crippen molar-refractivity contribution in [3.8, 4) is 0 Å². The Balaban J connectivity index is 1.00. The molecule has 1 aliphatic carbocycles. The van der Waals surface area contributed by atoms with Crippen molar-refractivity contribution in [2.24, 2.45) is 29.0 Å². The summed E-state index contributed by atoms with van der Waals surface area (Å²) in [6, 6.07) is 0.836. The third-order valence-corrected chi connectivity index (χ3v) is 19.8. The number of nitrogens with two attached hydrogens (primary N) is 3. The molecule has 6 rings (SSSR count). The number of ether oxygens (including phenoxy) is 1. The van der Waals surface area contributed by atoms with Crippen LogP contribution in [0.5, 0.6) is 0 Å². The minimum atomic E-state index is -1.48. The minimum absolute atomic E-state index is 0.0380. The molecule has 15 amide bonds. The fourth-order valence-corrected chi connectivity index (χ4v) is 13.5. The molecule has 1 saturated carbocycles. The summed E-state index contributed by atoms with van der Waals surface area (Å²) in [5.41, 5.74) is 19.0. The summed E-state index contributed by atoms with van der Waals surface area (Å²) in [6.45, 7) is 6.53. The molecule has 2 aromatic heterocycles. The highest BCUT2D eigenvalue weighted by atomic mass is 32.2. The second-order valence-electron chi connectivity index (χ2n) is 27.3. The number of carbonyl (C=O) groups excluding carboxylic acids is 15. The van der Waals surface area contributed by atoms with Crippen LogP contribution in [-0.2, 0) is 91.2 Å². The molecule has 0 spiro atoms. The van der Waals surface area contributed by atoms with E-state index in [1.54, 1.807) is 44.3 Å². The van der Waals surface area contributed by atoms with Crippen LogP contribution in [-0.4, -0.2) is 200 Å².